The third kappa shape index (κ3) is 5.35. The fraction of sp³-hybridized carbons (Fsp3) is 0.300. The van der Waals surface area contributed by atoms with E-state index in [1.54, 1.807) is 13.8 Å². The fourth-order valence-corrected chi connectivity index (χ4v) is 2.46. The highest BCUT2D eigenvalue weighted by Gasteiger charge is 2.23. The molecule has 1 atom stereocenters. The van der Waals surface area contributed by atoms with Crippen LogP contribution in [0.4, 0.5) is 0 Å². The van der Waals surface area contributed by atoms with E-state index in [-0.39, 0.29) is 24.9 Å². The molecule has 0 fully saturated rings. The second-order valence-electron chi connectivity index (χ2n) is 6.09. The average molecular weight is 341 g/mol. The van der Waals surface area contributed by atoms with Gasteiger partial charge in [-0.25, -0.2) is 4.79 Å². The number of hydrogen-bond acceptors (Lipinski definition) is 3. The van der Waals surface area contributed by atoms with Gasteiger partial charge in [0.15, 0.2) is 0 Å². The van der Waals surface area contributed by atoms with Crippen LogP contribution >= 0.6 is 0 Å². The van der Waals surface area contributed by atoms with E-state index in [4.69, 9.17) is 9.84 Å². The van der Waals surface area contributed by atoms with Crippen molar-refractivity contribution >= 4 is 11.9 Å². The van der Waals surface area contributed by atoms with Crippen LogP contribution in [-0.4, -0.2) is 29.6 Å². The molecule has 2 N–H and O–H groups in total. The number of carbonyl (C=O) groups is 2. The highest BCUT2D eigenvalue weighted by Crippen LogP contribution is 2.29. The van der Waals surface area contributed by atoms with Crippen LogP contribution in [0, 0.1) is 5.92 Å². The van der Waals surface area contributed by atoms with Gasteiger partial charge in [0.05, 0.1) is 13.0 Å². The number of nitrogens with one attached hydrogen (secondary N) is 1. The van der Waals surface area contributed by atoms with E-state index in [0.29, 0.717) is 5.75 Å². The van der Waals surface area contributed by atoms with Gasteiger partial charge in [-0.3, -0.25) is 4.79 Å². The van der Waals surface area contributed by atoms with Crippen LogP contribution in [0.5, 0.6) is 5.75 Å². The van der Waals surface area contributed by atoms with Gasteiger partial charge in [-0.2, -0.15) is 0 Å². The number of rotatable bonds is 8. The molecule has 2 aromatic carbocycles. The summed E-state index contributed by atoms with van der Waals surface area (Å²) in [4.78, 5) is 23.1. The van der Waals surface area contributed by atoms with Gasteiger partial charge in [-0.1, -0.05) is 62.4 Å². The summed E-state index contributed by atoms with van der Waals surface area (Å²) >= 11 is 0. The van der Waals surface area contributed by atoms with Crippen LogP contribution in [0.1, 0.15) is 20.3 Å². The lowest BCUT2D eigenvalue weighted by atomic mass is 10.0. The zero-order valence-electron chi connectivity index (χ0n) is 14.4. The molecule has 0 spiro atoms. The predicted octanol–water partition coefficient (Wildman–Crippen LogP) is 3.35. The summed E-state index contributed by atoms with van der Waals surface area (Å²) < 4.78 is 5.76. The van der Waals surface area contributed by atoms with Crippen molar-refractivity contribution in [2.45, 2.75) is 26.3 Å². The van der Waals surface area contributed by atoms with Crippen molar-refractivity contribution in [1.82, 2.24) is 5.32 Å². The van der Waals surface area contributed by atoms with Crippen molar-refractivity contribution in [1.29, 1.82) is 0 Å². The zero-order valence-corrected chi connectivity index (χ0v) is 14.4. The van der Waals surface area contributed by atoms with Crippen molar-refractivity contribution in [2.75, 3.05) is 6.61 Å². The van der Waals surface area contributed by atoms with Crippen molar-refractivity contribution < 1.29 is 19.4 Å². The molecule has 0 bridgehead atoms. The van der Waals surface area contributed by atoms with Gasteiger partial charge in [0.1, 0.15) is 11.8 Å². The third-order valence-electron chi connectivity index (χ3n) is 3.81. The average Bonchev–Trinajstić information content (AvgIpc) is 2.60. The van der Waals surface area contributed by atoms with Gasteiger partial charge in [-0.05, 0) is 17.5 Å². The van der Waals surface area contributed by atoms with Crippen molar-refractivity contribution in [3.05, 3.63) is 54.6 Å². The Bertz CT molecular complexity index is 713. The van der Waals surface area contributed by atoms with Crippen molar-refractivity contribution in [3.8, 4) is 16.9 Å². The van der Waals surface area contributed by atoms with Crippen LogP contribution in [0.3, 0.4) is 0 Å². The number of amides is 1. The lowest BCUT2D eigenvalue weighted by Crippen LogP contribution is -2.44. The van der Waals surface area contributed by atoms with E-state index in [1.807, 2.05) is 54.6 Å². The van der Waals surface area contributed by atoms with Gasteiger partial charge in [-0.15, -0.1) is 0 Å². The first-order chi connectivity index (χ1) is 12.0. The molecule has 5 nitrogen and oxygen atoms in total. The van der Waals surface area contributed by atoms with E-state index < -0.39 is 12.0 Å². The second-order valence-corrected chi connectivity index (χ2v) is 6.09. The first kappa shape index (κ1) is 18.5. The number of carbonyl (C=O) groups excluding carboxylic acids is 1. The first-order valence-corrected chi connectivity index (χ1v) is 8.28. The summed E-state index contributed by atoms with van der Waals surface area (Å²) in [5.41, 5.74) is 1.99. The minimum atomic E-state index is -1.03. The van der Waals surface area contributed by atoms with Gasteiger partial charge >= 0.3 is 5.97 Å². The largest absolute Gasteiger partial charge is 0.492 e. The fourth-order valence-electron chi connectivity index (χ4n) is 2.46. The number of hydrogen-bond donors (Lipinski definition) is 2. The summed E-state index contributed by atoms with van der Waals surface area (Å²) in [7, 11) is 0. The van der Waals surface area contributed by atoms with E-state index >= 15 is 0 Å². The number of carboxylic acids is 1. The molecular formula is C20H23NO4. The van der Waals surface area contributed by atoms with E-state index in [2.05, 4.69) is 5.32 Å². The molecule has 0 radical (unpaired) electrons. The summed E-state index contributed by atoms with van der Waals surface area (Å²) in [5, 5.41) is 11.6. The van der Waals surface area contributed by atoms with Gasteiger partial charge in [0.2, 0.25) is 5.91 Å². The smallest absolute Gasteiger partial charge is 0.326 e. The SMILES string of the molecule is CC(C)[C@H](NC(=O)CCOc1ccccc1-c1ccccc1)C(=O)O. The lowest BCUT2D eigenvalue weighted by Gasteiger charge is -2.18. The summed E-state index contributed by atoms with van der Waals surface area (Å²) in [6, 6.07) is 16.6. The Balaban J connectivity index is 1.94. The molecule has 0 saturated heterocycles. The van der Waals surface area contributed by atoms with E-state index in [0.717, 1.165) is 11.1 Å². The van der Waals surface area contributed by atoms with Crippen molar-refractivity contribution in [2.24, 2.45) is 5.92 Å². The van der Waals surface area contributed by atoms with Gasteiger partial charge in [0, 0.05) is 5.56 Å². The molecular weight excluding hydrogens is 318 g/mol. The monoisotopic (exact) mass is 341 g/mol. The minimum absolute atomic E-state index is 0.0968. The molecule has 0 aliphatic heterocycles. The van der Waals surface area contributed by atoms with E-state index in [1.165, 1.54) is 0 Å². The summed E-state index contributed by atoms with van der Waals surface area (Å²) in [6.45, 7) is 3.69. The molecule has 0 aliphatic carbocycles. The molecule has 132 valence electrons. The Hall–Kier alpha value is -2.82. The molecule has 25 heavy (non-hydrogen) atoms. The zero-order chi connectivity index (χ0) is 18.2. The molecule has 0 heterocycles. The third-order valence-corrected chi connectivity index (χ3v) is 3.81. The van der Waals surface area contributed by atoms with E-state index in [9.17, 15) is 9.59 Å². The number of benzene rings is 2. The predicted molar refractivity (Wildman–Crippen MR) is 96.4 cm³/mol. The molecule has 2 rings (SSSR count). The molecule has 1 amide bonds. The molecule has 5 heteroatoms. The topological polar surface area (TPSA) is 75.6 Å². The minimum Gasteiger partial charge on any atom is -0.492 e. The maximum absolute atomic E-state index is 12.0. The summed E-state index contributed by atoms with van der Waals surface area (Å²) in [6.07, 6.45) is 0.0968. The number of carboxylic acid groups (broad SMARTS) is 1. The number of aliphatic carboxylic acids is 1. The van der Waals surface area contributed by atoms with Crippen LogP contribution < -0.4 is 10.1 Å². The van der Waals surface area contributed by atoms with Crippen LogP contribution in [0.2, 0.25) is 0 Å². The second kappa shape index (κ2) is 8.87. The Kier molecular flexibility index (Phi) is 6.57. The quantitative estimate of drug-likeness (QED) is 0.772. The Labute approximate surface area is 147 Å². The summed E-state index contributed by atoms with van der Waals surface area (Å²) in [5.74, 6) is -0.849. The first-order valence-electron chi connectivity index (χ1n) is 8.28. The highest BCUT2D eigenvalue weighted by molar-refractivity contribution is 5.83. The van der Waals surface area contributed by atoms with Crippen molar-refractivity contribution in [3.63, 3.8) is 0 Å². The highest BCUT2D eigenvalue weighted by atomic mass is 16.5. The standard InChI is InChI=1S/C20H23NO4/c1-14(2)19(20(23)24)21-18(22)12-13-25-17-11-7-6-10-16(17)15-8-4-3-5-9-15/h3-11,14,19H,12-13H2,1-2H3,(H,21,22)(H,23,24)/t19-/m0/s1. The van der Waals surface area contributed by atoms with Crippen LogP contribution in [0.25, 0.3) is 11.1 Å². The van der Waals surface area contributed by atoms with Crippen LogP contribution in [0.15, 0.2) is 54.6 Å². The molecule has 2 aromatic rings. The molecule has 0 aromatic heterocycles. The number of ether oxygens (including phenoxy) is 1. The Morgan fingerprint density at radius 2 is 1.68 bits per heavy atom. The normalized spacial score (nSPS) is 11.8. The van der Waals surface area contributed by atoms with Gasteiger partial charge < -0.3 is 15.2 Å². The molecule has 0 aliphatic rings. The molecule has 0 unspecified atom stereocenters. The molecule has 0 saturated carbocycles. The Morgan fingerprint density at radius 1 is 1.04 bits per heavy atom. The van der Waals surface area contributed by atoms with Crippen LogP contribution in [-0.2, 0) is 9.59 Å². The van der Waals surface area contributed by atoms with Gasteiger partial charge in [0.25, 0.3) is 0 Å². The maximum Gasteiger partial charge on any atom is 0.326 e. The number of para-hydroxylation sites is 1. The lowest BCUT2D eigenvalue weighted by molar-refractivity contribution is -0.143. The maximum atomic E-state index is 12.0. The Morgan fingerprint density at radius 3 is 2.32 bits per heavy atom.